The predicted molar refractivity (Wildman–Crippen MR) is 80.0 cm³/mol. The number of nitrogens with one attached hydrogen (secondary N) is 1. The van der Waals surface area contributed by atoms with E-state index in [1.807, 2.05) is 18.3 Å². The molecule has 1 aromatic rings. The first-order valence-electron chi connectivity index (χ1n) is 7.27. The highest BCUT2D eigenvalue weighted by molar-refractivity contribution is 5.96. The zero-order valence-corrected chi connectivity index (χ0v) is 12.1. The Bertz CT molecular complexity index is 634. The van der Waals surface area contributed by atoms with E-state index < -0.39 is 5.91 Å². The summed E-state index contributed by atoms with van der Waals surface area (Å²) in [6, 6.07) is 5.62. The Kier molecular flexibility index (Phi) is 3.75. The van der Waals surface area contributed by atoms with E-state index >= 15 is 0 Å². The number of benzene rings is 1. The SMILES string of the molecule is CCCC1=CN=C(N2Cc3cccc(C(=O)NO)c3C2)C1. The topological polar surface area (TPSA) is 64.9 Å². The quantitative estimate of drug-likeness (QED) is 0.662. The van der Waals surface area contributed by atoms with Crippen LogP contribution in [-0.2, 0) is 13.1 Å². The highest BCUT2D eigenvalue weighted by Gasteiger charge is 2.27. The Labute approximate surface area is 123 Å². The number of nitrogens with zero attached hydrogens (tertiary/aromatic N) is 2. The highest BCUT2D eigenvalue weighted by atomic mass is 16.5. The van der Waals surface area contributed by atoms with E-state index in [4.69, 9.17) is 5.21 Å². The number of aliphatic imine (C=N–C) groups is 1. The highest BCUT2D eigenvalue weighted by Crippen LogP contribution is 2.29. The van der Waals surface area contributed by atoms with Crippen molar-refractivity contribution in [3.05, 3.63) is 46.7 Å². The van der Waals surface area contributed by atoms with Gasteiger partial charge in [-0.15, -0.1) is 0 Å². The van der Waals surface area contributed by atoms with Gasteiger partial charge >= 0.3 is 0 Å². The molecule has 0 aromatic heterocycles. The molecule has 1 aromatic carbocycles. The fraction of sp³-hybridized carbons (Fsp3) is 0.375. The average molecular weight is 285 g/mol. The van der Waals surface area contributed by atoms with Gasteiger partial charge in [0.05, 0.1) is 0 Å². The van der Waals surface area contributed by atoms with Crippen LogP contribution in [0.5, 0.6) is 0 Å². The fourth-order valence-corrected chi connectivity index (χ4v) is 3.01. The number of carbonyl (C=O) groups is 1. The van der Waals surface area contributed by atoms with Gasteiger partial charge in [-0.3, -0.25) is 10.0 Å². The standard InChI is InChI=1S/C16H19N3O2/c1-2-4-11-7-15(17-8-11)19-9-12-5-3-6-13(14(12)10-19)16(20)18-21/h3,5-6,8,21H,2,4,7,9-10H2,1H3,(H,18,20). The summed E-state index contributed by atoms with van der Waals surface area (Å²) in [5.74, 6) is 0.622. The van der Waals surface area contributed by atoms with Crippen LogP contribution < -0.4 is 5.48 Å². The Morgan fingerprint density at radius 3 is 3.05 bits per heavy atom. The molecule has 0 saturated heterocycles. The van der Waals surface area contributed by atoms with Crippen LogP contribution in [-0.4, -0.2) is 21.8 Å². The second kappa shape index (κ2) is 5.69. The van der Waals surface area contributed by atoms with Gasteiger partial charge in [-0.1, -0.05) is 25.5 Å². The maximum atomic E-state index is 11.7. The van der Waals surface area contributed by atoms with Gasteiger partial charge in [-0.05, 0) is 29.2 Å². The van der Waals surface area contributed by atoms with Crippen molar-refractivity contribution in [2.45, 2.75) is 39.3 Å². The molecule has 2 aliphatic rings. The minimum absolute atomic E-state index is 0.452. The maximum absolute atomic E-state index is 11.7. The molecule has 21 heavy (non-hydrogen) atoms. The second-order valence-electron chi connectivity index (χ2n) is 5.50. The molecule has 1 amide bonds. The summed E-state index contributed by atoms with van der Waals surface area (Å²) in [5, 5.41) is 8.85. The first kappa shape index (κ1) is 13.8. The van der Waals surface area contributed by atoms with E-state index in [0.29, 0.717) is 12.1 Å². The summed E-state index contributed by atoms with van der Waals surface area (Å²) in [6.45, 7) is 3.61. The molecule has 0 fully saturated rings. The molecule has 110 valence electrons. The van der Waals surface area contributed by atoms with E-state index in [0.717, 1.165) is 42.8 Å². The minimum atomic E-state index is -0.452. The molecule has 0 radical (unpaired) electrons. The van der Waals surface area contributed by atoms with Crippen LogP contribution >= 0.6 is 0 Å². The third-order valence-corrected chi connectivity index (χ3v) is 4.05. The number of hydroxylamine groups is 1. The number of amides is 1. The molecule has 0 bridgehead atoms. The molecule has 2 N–H and O–H groups in total. The van der Waals surface area contributed by atoms with Crippen LogP contribution in [0.2, 0.25) is 0 Å². The number of carbonyl (C=O) groups excluding carboxylic acids is 1. The third kappa shape index (κ3) is 2.56. The summed E-state index contributed by atoms with van der Waals surface area (Å²) >= 11 is 0. The Hall–Kier alpha value is -2.14. The van der Waals surface area contributed by atoms with E-state index in [9.17, 15) is 4.79 Å². The minimum Gasteiger partial charge on any atom is -0.351 e. The van der Waals surface area contributed by atoms with E-state index in [-0.39, 0.29) is 0 Å². The second-order valence-corrected chi connectivity index (χ2v) is 5.50. The number of hydrogen-bond acceptors (Lipinski definition) is 4. The van der Waals surface area contributed by atoms with Crippen molar-refractivity contribution >= 4 is 11.7 Å². The predicted octanol–water partition coefficient (Wildman–Crippen LogP) is 2.61. The lowest BCUT2D eigenvalue weighted by molar-refractivity contribution is 0.0705. The van der Waals surface area contributed by atoms with Crippen molar-refractivity contribution < 1.29 is 10.0 Å². The number of hydrogen-bond donors (Lipinski definition) is 2. The van der Waals surface area contributed by atoms with E-state index in [1.165, 1.54) is 5.57 Å². The Morgan fingerprint density at radius 1 is 1.43 bits per heavy atom. The van der Waals surface area contributed by atoms with Gasteiger partial charge in [0.25, 0.3) is 5.91 Å². The van der Waals surface area contributed by atoms with Gasteiger partial charge in [-0.25, -0.2) is 10.5 Å². The van der Waals surface area contributed by atoms with Crippen molar-refractivity contribution in [3.63, 3.8) is 0 Å². The average Bonchev–Trinajstić information content (AvgIpc) is 3.12. The lowest BCUT2D eigenvalue weighted by Crippen LogP contribution is -2.25. The Morgan fingerprint density at radius 2 is 2.29 bits per heavy atom. The van der Waals surface area contributed by atoms with Gasteiger partial charge in [0.1, 0.15) is 5.84 Å². The molecule has 5 heteroatoms. The number of fused-ring (bicyclic) bond motifs is 1. The van der Waals surface area contributed by atoms with Crippen molar-refractivity contribution in [3.8, 4) is 0 Å². The van der Waals surface area contributed by atoms with Crippen molar-refractivity contribution in [1.82, 2.24) is 10.4 Å². The molecule has 2 heterocycles. The molecule has 3 rings (SSSR count). The zero-order chi connectivity index (χ0) is 14.8. The van der Waals surface area contributed by atoms with Crippen LogP contribution in [0.25, 0.3) is 0 Å². The maximum Gasteiger partial charge on any atom is 0.274 e. The molecular weight excluding hydrogens is 266 g/mol. The summed E-state index contributed by atoms with van der Waals surface area (Å²) in [6.07, 6.45) is 5.11. The molecular formula is C16H19N3O2. The first-order valence-corrected chi connectivity index (χ1v) is 7.27. The van der Waals surface area contributed by atoms with Crippen molar-refractivity contribution in [1.29, 1.82) is 0 Å². The van der Waals surface area contributed by atoms with Crippen LogP contribution in [0.4, 0.5) is 0 Å². The molecule has 0 aliphatic carbocycles. The van der Waals surface area contributed by atoms with Gasteiger partial charge in [-0.2, -0.15) is 0 Å². The molecule has 0 unspecified atom stereocenters. The molecule has 0 atom stereocenters. The largest absolute Gasteiger partial charge is 0.351 e. The molecule has 5 nitrogen and oxygen atoms in total. The lowest BCUT2D eigenvalue weighted by Gasteiger charge is -2.18. The van der Waals surface area contributed by atoms with Gasteiger partial charge in [0, 0.05) is 31.3 Å². The van der Waals surface area contributed by atoms with Crippen molar-refractivity contribution in [2.24, 2.45) is 4.99 Å². The zero-order valence-electron chi connectivity index (χ0n) is 12.1. The van der Waals surface area contributed by atoms with Crippen molar-refractivity contribution in [2.75, 3.05) is 0 Å². The molecule has 2 aliphatic heterocycles. The fourth-order valence-electron chi connectivity index (χ4n) is 3.01. The third-order valence-electron chi connectivity index (χ3n) is 4.05. The summed E-state index contributed by atoms with van der Waals surface area (Å²) in [4.78, 5) is 18.5. The van der Waals surface area contributed by atoms with Crippen LogP contribution in [0.3, 0.4) is 0 Å². The number of amidine groups is 1. The smallest absolute Gasteiger partial charge is 0.274 e. The Balaban J connectivity index is 1.76. The summed E-state index contributed by atoms with van der Waals surface area (Å²) < 4.78 is 0. The normalized spacial score (nSPS) is 16.6. The van der Waals surface area contributed by atoms with Crippen LogP contribution in [0, 0.1) is 0 Å². The van der Waals surface area contributed by atoms with E-state index in [1.54, 1.807) is 11.5 Å². The van der Waals surface area contributed by atoms with Crippen LogP contribution in [0.1, 0.15) is 47.7 Å². The monoisotopic (exact) mass is 285 g/mol. The van der Waals surface area contributed by atoms with Gasteiger partial charge in [0.15, 0.2) is 0 Å². The number of rotatable bonds is 3. The molecule has 0 saturated carbocycles. The van der Waals surface area contributed by atoms with Crippen LogP contribution in [0.15, 0.2) is 35.0 Å². The summed E-state index contributed by atoms with van der Waals surface area (Å²) in [7, 11) is 0. The van der Waals surface area contributed by atoms with Gasteiger partial charge in [0.2, 0.25) is 0 Å². The van der Waals surface area contributed by atoms with E-state index in [2.05, 4.69) is 16.8 Å². The lowest BCUT2D eigenvalue weighted by atomic mass is 10.0. The first-order chi connectivity index (χ1) is 10.2. The summed E-state index contributed by atoms with van der Waals surface area (Å²) in [5.41, 5.74) is 5.74. The van der Waals surface area contributed by atoms with Gasteiger partial charge < -0.3 is 4.90 Å². The molecule has 0 spiro atoms.